The van der Waals surface area contributed by atoms with Gasteiger partial charge in [-0.05, 0) is 12.1 Å². The number of fused-ring (bicyclic) bond motifs is 1. The maximum atomic E-state index is 5.27. The van der Waals surface area contributed by atoms with Crippen molar-refractivity contribution in [2.75, 3.05) is 31.4 Å². The van der Waals surface area contributed by atoms with Crippen molar-refractivity contribution in [3.05, 3.63) is 30.5 Å². The van der Waals surface area contributed by atoms with Crippen LogP contribution in [-0.4, -0.2) is 41.4 Å². The van der Waals surface area contributed by atoms with Gasteiger partial charge in [-0.25, -0.2) is 0 Å². The van der Waals surface area contributed by atoms with Crippen molar-refractivity contribution >= 4 is 28.5 Å². The molecule has 3 aromatic rings. The molecular weight excluding hydrogens is 268 g/mol. The summed E-state index contributed by atoms with van der Waals surface area (Å²) in [5.74, 6) is 2.11. The van der Waals surface area contributed by atoms with Gasteiger partial charge in [-0.3, -0.25) is 5.10 Å². The Morgan fingerprint density at radius 2 is 2.14 bits per heavy atom. The first-order valence-corrected chi connectivity index (χ1v) is 6.49. The summed E-state index contributed by atoms with van der Waals surface area (Å²) in [6, 6.07) is 7.80. The number of aromatic nitrogens is 4. The van der Waals surface area contributed by atoms with Crippen LogP contribution in [-0.2, 0) is 0 Å². The minimum absolute atomic E-state index is 0.538. The van der Waals surface area contributed by atoms with Crippen molar-refractivity contribution in [3.63, 3.8) is 0 Å². The second-order valence-electron chi connectivity index (χ2n) is 4.51. The lowest BCUT2D eigenvalue weighted by molar-refractivity contribution is 0.415. The van der Waals surface area contributed by atoms with Crippen LogP contribution in [0.3, 0.4) is 0 Å². The SMILES string of the molecule is CNc1nc(N(C)c2cccc(OC)c2)c2cn[nH]c2n1. The summed E-state index contributed by atoms with van der Waals surface area (Å²) in [7, 11) is 5.38. The van der Waals surface area contributed by atoms with E-state index in [1.807, 2.05) is 36.2 Å². The maximum Gasteiger partial charge on any atom is 0.226 e. The third kappa shape index (κ3) is 2.33. The van der Waals surface area contributed by atoms with Gasteiger partial charge >= 0.3 is 0 Å². The predicted molar refractivity (Wildman–Crippen MR) is 82.3 cm³/mol. The number of anilines is 3. The molecule has 0 aliphatic carbocycles. The lowest BCUT2D eigenvalue weighted by Crippen LogP contribution is -2.13. The molecular formula is C14H16N6O. The van der Waals surface area contributed by atoms with Gasteiger partial charge in [-0.15, -0.1) is 0 Å². The fraction of sp³-hybridized carbons (Fsp3) is 0.214. The Kier molecular flexibility index (Phi) is 3.31. The molecule has 0 saturated heterocycles. The van der Waals surface area contributed by atoms with E-state index in [0.29, 0.717) is 11.6 Å². The molecule has 0 radical (unpaired) electrons. The number of hydrogen-bond acceptors (Lipinski definition) is 6. The monoisotopic (exact) mass is 284 g/mol. The summed E-state index contributed by atoms with van der Waals surface area (Å²) >= 11 is 0. The highest BCUT2D eigenvalue weighted by Crippen LogP contribution is 2.30. The molecule has 1 aromatic carbocycles. The molecule has 0 saturated carbocycles. The van der Waals surface area contributed by atoms with E-state index in [1.165, 1.54) is 0 Å². The Bertz CT molecular complexity index is 769. The van der Waals surface area contributed by atoms with E-state index >= 15 is 0 Å². The van der Waals surface area contributed by atoms with E-state index in [-0.39, 0.29) is 0 Å². The van der Waals surface area contributed by atoms with Crippen molar-refractivity contribution in [2.24, 2.45) is 0 Å². The molecule has 0 atom stereocenters. The van der Waals surface area contributed by atoms with Gasteiger partial charge in [0.05, 0.1) is 18.7 Å². The molecule has 7 nitrogen and oxygen atoms in total. The summed E-state index contributed by atoms with van der Waals surface area (Å²) in [5.41, 5.74) is 1.66. The van der Waals surface area contributed by atoms with Gasteiger partial charge in [0.2, 0.25) is 5.95 Å². The van der Waals surface area contributed by atoms with Crippen molar-refractivity contribution in [3.8, 4) is 5.75 Å². The van der Waals surface area contributed by atoms with Gasteiger partial charge in [-0.2, -0.15) is 15.1 Å². The summed E-state index contributed by atoms with van der Waals surface area (Å²) in [5, 5.41) is 10.7. The lowest BCUT2D eigenvalue weighted by Gasteiger charge is -2.20. The van der Waals surface area contributed by atoms with Gasteiger partial charge in [0, 0.05) is 25.8 Å². The van der Waals surface area contributed by atoms with E-state index in [0.717, 1.165) is 22.6 Å². The van der Waals surface area contributed by atoms with E-state index in [4.69, 9.17) is 4.74 Å². The molecule has 2 heterocycles. The largest absolute Gasteiger partial charge is 0.497 e. The lowest BCUT2D eigenvalue weighted by atomic mass is 10.2. The molecule has 0 aliphatic heterocycles. The first-order valence-electron chi connectivity index (χ1n) is 6.49. The van der Waals surface area contributed by atoms with Gasteiger partial charge in [0.1, 0.15) is 11.6 Å². The van der Waals surface area contributed by atoms with Crippen LogP contribution in [0.5, 0.6) is 5.75 Å². The van der Waals surface area contributed by atoms with Crippen LogP contribution >= 0.6 is 0 Å². The van der Waals surface area contributed by atoms with E-state index in [1.54, 1.807) is 20.4 Å². The van der Waals surface area contributed by atoms with Crippen molar-refractivity contribution < 1.29 is 4.74 Å². The number of benzene rings is 1. The summed E-state index contributed by atoms with van der Waals surface area (Å²) in [4.78, 5) is 10.8. The molecule has 0 spiro atoms. The molecule has 108 valence electrons. The standard InChI is InChI=1S/C14H16N6O/c1-15-14-17-12-11(8-16-19-12)13(18-14)20(2)9-5-4-6-10(7-9)21-3/h4-8H,1-3H3,(H2,15,16,17,18,19). The molecule has 0 amide bonds. The molecule has 3 rings (SSSR count). The van der Waals surface area contributed by atoms with Crippen LogP contribution in [0.15, 0.2) is 30.5 Å². The Hall–Kier alpha value is -2.83. The summed E-state index contributed by atoms with van der Waals surface area (Å²) < 4.78 is 5.27. The minimum Gasteiger partial charge on any atom is -0.497 e. The minimum atomic E-state index is 0.538. The number of ether oxygens (including phenoxy) is 1. The van der Waals surface area contributed by atoms with Crippen LogP contribution in [0.1, 0.15) is 0 Å². The molecule has 0 aliphatic rings. The summed E-state index contributed by atoms with van der Waals surface area (Å²) in [6.07, 6.45) is 1.72. The Morgan fingerprint density at radius 1 is 1.29 bits per heavy atom. The quantitative estimate of drug-likeness (QED) is 0.764. The third-order valence-electron chi connectivity index (χ3n) is 3.27. The number of rotatable bonds is 4. The topological polar surface area (TPSA) is 79.0 Å². The van der Waals surface area contributed by atoms with E-state index < -0.39 is 0 Å². The number of H-pyrrole nitrogens is 1. The molecule has 7 heteroatoms. The van der Waals surface area contributed by atoms with E-state index in [9.17, 15) is 0 Å². The second kappa shape index (κ2) is 5.28. The molecule has 0 bridgehead atoms. The fourth-order valence-electron chi connectivity index (χ4n) is 2.13. The molecule has 0 unspecified atom stereocenters. The van der Waals surface area contributed by atoms with Gasteiger partial charge in [0.15, 0.2) is 5.65 Å². The van der Waals surface area contributed by atoms with Gasteiger partial charge < -0.3 is 15.0 Å². The van der Waals surface area contributed by atoms with Crippen LogP contribution in [0.25, 0.3) is 11.0 Å². The second-order valence-corrected chi connectivity index (χ2v) is 4.51. The number of nitrogens with zero attached hydrogens (tertiary/aromatic N) is 4. The highest BCUT2D eigenvalue weighted by Gasteiger charge is 2.14. The zero-order valence-electron chi connectivity index (χ0n) is 12.1. The predicted octanol–water partition coefficient (Wildman–Crippen LogP) is 2.17. The number of aromatic amines is 1. The smallest absolute Gasteiger partial charge is 0.226 e. The zero-order chi connectivity index (χ0) is 14.8. The van der Waals surface area contributed by atoms with Crippen molar-refractivity contribution in [1.29, 1.82) is 0 Å². The third-order valence-corrected chi connectivity index (χ3v) is 3.27. The fourth-order valence-corrected chi connectivity index (χ4v) is 2.13. The molecule has 0 fully saturated rings. The van der Waals surface area contributed by atoms with Crippen molar-refractivity contribution in [2.45, 2.75) is 0 Å². The van der Waals surface area contributed by atoms with Crippen LogP contribution in [0, 0.1) is 0 Å². The number of nitrogens with one attached hydrogen (secondary N) is 2. The Labute approximate surface area is 122 Å². The zero-order valence-corrected chi connectivity index (χ0v) is 12.1. The van der Waals surface area contributed by atoms with Crippen LogP contribution < -0.4 is 15.0 Å². The average Bonchev–Trinajstić information content (AvgIpc) is 3.01. The normalized spacial score (nSPS) is 10.6. The molecule has 21 heavy (non-hydrogen) atoms. The van der Waals surface area contributed by atoms with Crippen LogP contribution in [0.2, 0.25) is 0 Å². The highest BCUT2D eigenvalue weighted by molar-refractivity contribution is 5.89. The molecule has 2 aromatic heterocycles. The average molecular weight is 284 g/mol. The number of hydrogen-bond donors (Lipinski definition) is 2. The first kappa shape index (κ1) is 13.2. The first-order chi connectivity index (χ1) is 10.2. The molecule has 2 N–H and O–H groups in total. The van der Waals surface area contributed by atoms with Gasteiger partial charge in [0.25, 0.3) is 0 Å². The van der Waals surface area contributed by atoms with Crippen molar-refractivity contribution in [1.82, 2.24) is 20.2 Å². The highest BCUT2D eigenvalue weighted by atomic mass is 16.5. The Balaban J connectivity index is 2.11. The summed E-state index contributed by atoms with van der Waals surface area (Å²) in [6.45, 7) is 0. The Morgan fingerprint density at radius 3 is 2.90 bits per heavy atom. The maximum absolute atomic E-state index is 5.27. The number of methoxy groups -OCH3 is 1. The van der Waals surface area contributed by atoms with Gasteiger partial charge in [-0.1, -0.05) is 6.07 Å². The van der Waals surface area contributed by atoms with Crippen LogP contribution in [0.4, 0.5) is 17.5 Å². The van der Waals surface area contributed by atoms with E-state index in [2.05, 4.69) is 25.5 Å².